The largest absolute Gasteiger partial charge is 0.497 e. The van der Waals surface area contributed by atoms with Gasteiger partial charge in [-0.3, -0.25) is 0 Å². The van der Waals surface area contributed by atoms with E-state index < -0.39 is 0 Å². The Labute approximate surface area is 90.6 Å². The van der Waals surface area contributed by atoms with Gasteiger partial charge in [-0.2, -0.15) is 0 Å². The molecule has 1 aromatic rings. The Bertz CT molecular complexity index is 334. The summed E-state index contributed by atoms with van der Waals surface area (Å²) in [6, 6.07) is 5.75. The molecule has 1 aromatic carbocycles. The molecule has 0 aromatic heterocycles. The van der Waals surface area contributed by atoms with Crippen molar-refractivity contribution in [2.24, 2.45) is 5.92 Å². The van der Waals surface area contributed by atoms with Crippen molar-refractivity contribution < 1.29 is 4.74 Å². The Hall–Kier alpha value is -1.38. The second kappa shape index (κ2) is 4.43. The van der Waals surface area contributed by atoms with E-state index >= 15 is 0 Å². The van der Waals surface area contributed by atoms with Gasteiger partial charge in [0.2, 0.25) is 0 Å². The lowest BCUT2D eigenvalue weighted by molar-refractivity contribution is 0.415. The monoisotopic (exact) mass is 206 g/mol. The van der Waals surface area contributed by atoms with Gasteiger partial charge < -0.3 is 15.8 Å². The number of hydrogen-bond donors (Lipinski definition) is 2. The molecule has 3 nitrogen and oxygen atoms in total. The average molecular weight is 206 g/mol. The molecule has 0 amide bonds. The highest BCUT2D eigenvalue weighted by molar-refractivity contribution is 5.68. The number of ether oxygens (including phenoxy) is 1. The fourth-order valence-corrected chi connectivity index (χ4v) is 1.65. The average Bonchev–Trinajstić information content (AvgIpc) is 3.04. The Morgan fingerprint density at radius 3 is 2.87 bits per heavy atom. The van der Waals surface area contributed by atoms with Gasteiger partial charge in [0.25, 0.3) is 0 Å². The Morgan fingerprint density at radius 2 is 2.27 bits per heavy atom. The summed E-state index contributed by atoms with van der Waals surface area (Å²) in [4.78, 5) is 0. The normalized spacial score (nSPS) is 15.0. The first-order valence-corrected chi connectivity index (χ1v) is 5.47. The fourth-order valence-electron chi connectivity index (χ4n) is 1.65. The van der Waals surface area contributed by atoms with Gasteiger partial charge in [0, 0.05) is 12.6 Å². The molecule has 0 saturated heterocycles. The van der Waals surface area contributed by atoms with E-state index in [0.29, 0.717) is 0 Å². The summed E-state index contributed by atoms with van der Waals surface area (Å²) in [5.74, 6) is 1.76. The van der Waals surface area contributed by atoms with Crippen LogP contribution < -0.4 is 15.8 Å². The molecular formula is C12H18N2O. The summed E-state index contributed by atoms with van der Waals surface area (Å²) < 4.78 is 5.09. The molecule has 1 aliphatic carbocycles. The van der Waals surface area contributed by atoms with Gasteiger partial charge in [0.1, 0.15) is 5.75 Å². The summed E-state index contributed by atoms with van der Waals surface area (Å²) in [6.07, 6.45) is 4.06. The van der Waals surface area contributed by atoms with Gasteiger partial charge in [0.15, 0.2) is 0 Å². The molecule has 0 aliphatic heterocycles. The predicted octanol–water partition coefficient (Wildman–Crippen LogP) is 2.49. The molecule has 15 heavy (non-hydrogen) atoms. The van der Waals surface area contributed by atoms with E-state index in [9.17, 15) is 0 Å². The molecule has 3 N–H and O–H groups in total. The standard InChI is InChI=1S/C12H18N2O/c1-15-10-4-5-12(11(13)8-10)14-7-6-9-2-3-9/h4-5,8-9,14H,2-3,6-7,13H2,1H3. The molecule has 0 radical (unpaired) electrons. The maximum Gasteiger partial charge on any atom is 0.121 e. The van der Waals surface area contributed by atoms with Crippen molar-refractivity contribution in [1.29, 1.82) is 0 Å². The lowest BCUT2D eigenvalue weighted by atomic mass is 10.2. The van der Waals surface area contributed by atoms with Crippen molar-refractivity contribution in [2.45, 2.75) is 19.3 Å². The third-order valence-corrected chi connectivity index (χ3v) is 2.82. The first kappa shape index (κ1) is 10.1. The van der Waals surface area contributed by atoms with Crippen LogP contribution in [0.1, 0.15) is 19.3 Å². The Morgan fingerprint density at radius 1 is 1.47 bits per heavy atom. The van der Waals surface area contributed by atoms with Crippen molar-refractivity contribution >= 4 is 11.4 Å². The summed E-state index contributed by atoms with van der Waals surface area (Å²) in [5.41, 5.74) is 7.65. The van der Waals surface area contributed by atoms with E-state index in [1.165, 1.54) is 19.3 Å². The number of methoxy groups -OCH3 is 1. The number of nitrogen functional groups attached to an aromatic ring is 1. The minimum absolute atomic E-state index is 0.755. The lowest BCUT2D eigenvalue weighted by Crippen LogP contribution is -2.04. The Kier molecular flexibility index (Phi) is 2.99. The molecular weight excluding hydrogens is 188 g/mol. The molecule has 1 fully saturated rings. The third kappa shape index (κ3) is 2.78. The molecule has 0 spiro atoms. The summed E-state index contributed by atoms with van der Waals surface area (Å²) in [6.45, 7) is 1.02. The van der Waals surface area contributed by atoms with Crippen LogP contribution in [0.5, 0.6) is 5.75 Å². The summed E-state index contributed by atoms with van der Waals surface area (Å²) >= 11 is 0. The van der Waals surface area contributed by atoms with Crippen molar-refractivity contribution in [3.63, 3.8) is 0 Å². The van der Waals surface area contributed by atoms with E-state index in [1.807, 2.05) is 18.2 Å². The molecule has 0 atom stereocenters. The highest BCUT2D eigenvalue weighted by Gasteiger charge is 2.20. The minimum atomic E-state index is 0.755. The predicted molar refractivity (Wildman–Crippen MR) is 63.2 cm³/mol. The SMILES string of the molecule is COc1ccc(NCCC2CC2)c(N)c1. The maximum atomic E-state index is 5.89. The fraction of sp³-hybridized carbons (Fsp3) is 0.500. The topological polar surface area (TPSA) is 47.3 Å². The second-order valence-corrected chi connectivity index (χ2v) is 4.11. The number of rotatable bonds is 5. The Balaban J connectivity index is 1.88. The van der Waals surface area contributed by atoms with Gasteiger partial charge >= 0.3 is 0 Å². The number of benzene rings is 1. The minimum Gasteiger partial charge on any atom is -0.497 e. The van der Waals surface area contributed by atoms with E-state index in [2.05, 4.69) is 5.32 Å². The van der Waals surface area contributed by atoms with Crippen molar-refractivity contribution in [3.05, 3.63) is 18.2 Å². The van der Waals surface area contributed by atoms with E-state index in [0.717, 1.165) is 29.6 Å². The molecule has 1 saturated carbocycles. The van der Waals surface area contributed by atoms with Crippen LogP contribution in [0.25, 0.3) is 0 Å². The van der Waals surface area contributed by atoms with Gasteiger partial charge in [-0.1, -0.05) is 12.8 Å². The first-order chi connectivity index (χ1) is 7.29. The lowest BCUT2D eigenvalue weighted by Gasteiger charge is -2.10. The van der Waals surface area contributed by atoms with Crippen molar-refractivity contribution in [1.82, 2.24) is 0 Å². The van der Waals surface area contributed by atoms with Crippen LogP contribution in [0.4, 0.5) is 11.4 Å². The van der Waals surface area contributed by atoms with E-state index in [1.54, 1.807) is 7.11 Å². The van der Waals surface area contributed by atoms with Crippen LogP contribution in [-0.4, -0.2) is 13.7 Å². The van der Waals surface area contributed by atoms with Gasteiger partial charge in [-0.15, -0.1) is 0 Å². The highest BCUT2D eigenvalue weighted by atomic mass is 16.5. The zero-order valence-corrected chi connectivity index (χ0v) is 9.12. The van der Waals surface area contributed by atoms with Gasteiger partial charge in [-0.25, -0.2) is 0 Å². The molecule has 2 rings (SSSR count). The molecule has 0 unspecified atom stereocenters. The number of nitrogens with two attached hydrogens (primary N) is 1. The second-order valence-electron chi connectivity index (χ2n) is 4.11. The van der Waals surface area contributed by atoms with Crippen LogP contribution in [0.2, 0.25) is 0 Å². The smallest absolute Gasteiger partial charge is 0.121 e. The highest BCUT2D eigenvalue weighted by Crippen LogP contribution is 2.32. The zero-order chi connectivity index (χ0) is 10.7. The molecule has 0 bridgehead atoms. The van der Waals surface area contributed by atoms with Gasteiger partial charge in [0.05, 0.1) is 18.5 Å². The summed E-state index contributed by atoms with van der Waals surface area (Å²) in [7, 11) is 1.65. The quantitative estimate of drug-likeness (QED) is 0.728. The summed E-state index contributed by atoms with van der Waals surface area (Å²) in [5, 5.41) is 3.36. The maximum absolute atomic E-state index is 5.89. The van der Waals surface area contributed by atoms with Crippen LogP contribution in [0.15, 0.2) is 18.2 Å². The third-order valence-electron chi connectivity index (χ3n) is 2.82. The van der Waals surface area contributed by atoms with Crippen LogP contribution in [0.3, 0.4) is 0 Å². The van der Waals surface area contributed by atoms with Crippen molar-refractivity contribution in [2.75, 3.05) is 24.7 Å². The molecule has 3 heteroatoms. The number of anilines is 2. The number of hydrogen-bond acceptors (Lipinski definition) is 3. The van der Waals surface area contributed by atoms with Crippen LogP contribution in [0, 0.1) is 5.92 Å². The zero-order valence-electron chi connectivity index (χ0n) is 9.12. The van der Waals surface area contributed by atoms with Gasteiger partial charge in [-0.05, 0) is 24.5 Å². The first-order valence-electron chi connectivity index (χ1n) is 5.47. The van der Waals surface area contributed by atoms with Crippen LogP contribution in [-0.2, 0) is 0 Å². The van der Waals surface area contributed by atoms with E-state index in [4.69, 9.17) is 10.5 Å². The van der Waals surface area contributed by atoms with Crippen molar-refractivity contribution in [3.8, 4) is 5.75 Å². The number of nitrogens with one attached hydrogen (secondary N) is 1. The molecule has 82 valence electrons. The molecule has 1 aliphatic rings. The van der Waals surface area contributed by atoms with E-state index in [-0.39, 0.29) is 0 Å². The molecule has 0 heterocycles. The van der Waals surface area contributed by atoms with Crippen LogP contribution >= 0.6 is 0 Å².